The molecule has 0 aliphatic heterocycles. The molecule has 2 aromatic heterocycles. The largest absolute Gasteiger partial charge is 0.496 e. The quantitative estimate of drug-likeness (QED) is 0.749. The highest BCUT2D eigenvalue weighted by Gasteiger charge is 2.14. The molecule has 0 aliphatic carbocycles. The summed E-state index contributed by atoms with van der Waals surface area (Å²) >= 11 is 3.40. The number of nitrogen functional groups attached to an aromatic ring is 1. The summed E-state index contributed by atoms with van der Waals surface area (Å²) in [6.07, 6.45) is 0. The first-order chi connectivity index (χ1) is 9.67. The molecule has 0 bridgehead atoms. The van der Waals surface area contributed by atoms with Gasteiger partial charge in [-0.2, -0.15) is 9.97 Å². The predicted octanol–water partition coefficient (Wildman–Crippen LogP) is 1.87. The fraction of sp³-hybridized carbons (Fsp3) is 0.0909. The number of aromatic nitrogens is 5. The molecular weight excluding hydrogens is 328 g/mol. The van der Waals surface area contributed by atoms with E-state index >= 15 is 0 Å². The van der Waals surface area contributed by atoms with Crippen LogP contribution in [0.1, 0.15) is 0 Å². The Labute approximate surface area is 121 Å². The van der Waals surface area contributed by atoms with E-state index in [-0.39, 0.29) is 11.8 Å². The third kappa shape index (κ3) is 2.23. The van der Waals surface area contributed by atoms with Crippen molar-refractivity contribution in [2.75, 3.05) is 12.8 Å². The highest BCUT2D eigenvalue weighted by Crippen LogP contribution is 2.29. The zero-order valence-electron chi connectivity index (χ0n) is 10.3. The van der Waals surface area contributed by atoms with Crippen LogP contribution >= 0.6 is 15.9 Å². The van der Waals surface area contributed by atoms with Crippen LogP contribution in [0.3, 0.4) is 0 Å². The normalized spacial score (nSPS) is 10.7. The molecule has 0 saturated heterocycles. The van der Waals surface area contributed by atoms with Crippen LogP contribution in [-0.2, 0) is 0 Å². The van der Waals surface area contributed by atoms with Gasteiger partial charge in [-0.25, -0.2) is 0 Å². The van der Waals surface area contributed by atoms with Gasteiger partial charge in [0.05, 0.1) is 11.6 Å². The second-order valence-electron chi connectivity index (χ2n) is 3.81. The van der Waals surface area contributed by atoms with Crippen molar-refractivity contribution in [2.24, 2.45) is 0 Å². The third-order valence-electron chi connectivity index (χ3n) is 2.54. The number of halogens is 1. The molecule has 0 spiro atoms. The zero-order valence-corrected chi connectivity index (χ0v) is 11.9. The van der Waals surface area contributed by atoms with Gasteiger partial charge in [0, 0.05) is 5.56 Å². The van der Waals surface area contributed by atoms with E-state index in [0.717, 1.165) is 15.8 Å². The Morgan fingerprint density at radius 1 is 1.35 bits per heavy atom. The zero-order chi connectivity index (χ0) is 14.1. The van der Waals surface area contributed by atoms with E-state index in [1.165, 1.54) is 0 Å². The molecular formula is C11H9BrN6O2. The summed E-state index contributed by atoms with van der Waals surface area (Å²) in [4.78, 5) is 8.15. The second kappa shape index (κ2) is 4.93. The topological polar surface area (TPSA) is 116 Å². The van der Waals surface area contributed by atoms with E-state index in [1.54, 1.807) is 7.11 Å². The smallest absolute Gasteiger partial charge is 0.295 e. The maximum absolute atomic E-state index is 5.42. The molecule has 3 N–H and O–H groups in total. The molecule has 3 aromatic rings. The van der Waals surface area contributed by atoms with E-state index in [9.17, 15) is 0 Å². The minimum atomic E-state index is 0.118. The number of H-pyrrole nitrogens is 1. The lowest BCUT2D eigenvalue weighted by Gasteiger charge is -2.03. The fourth-order valence-electron chi connectivity index (χ4n) is 1.61. The fourth-order valence-corrected chi connectivity index (χ4v) is 2.15. The van der Waals surface area contributed by atoms with Gasteiger partial charge in [0.25, 0.3) is 5.89 Å². The molecule has 8 nitrogen and oxygen atoms in total. The van der Waals surface area contributed by atoms with Crippen LogP contribution in [-0.4, -0.2) is 32.4 Å². The number of ether oxygens (including phenoxy) is 1. The van der Waals surface area contributed by atoms with Gasteiger partial charge in [0.15, 0.2) is 0 Å². The van der Waals surface area contributed by atoms with Crippen LogP contribution in [0.15, 0.2) is 27.2 Å². The lowest BCUT2D eigenvalue weighted by Crippen LogP contribution is -1.87. The maximum Gasteiger partial charge on any atom is 0.295 e. The van der Waals surface area contributed by atoms with Crippen LogP contribution < -0.4 is 10.5 Å². The molecule has 0 amide bonds. The molecule has 0 aliphatic rings. The first kappa shape index (κ1) is 12.6. The maximum atomic E-state index is 5.42. The van der Waals surface area contributed by atoms with Gasteiger partial charge in [0.2, 0.25) is 17.6 Å². The van der Waals surface area contributed by atoms with E-state index in [1.807, 2.05) is 18.2 Å². The summed E-state index contributed by atoms with van der Waals surface area (Å²) in [5.74, 6) is 1.82. The Balaban J connectivity index is 1.95. The van der Waals surface area contributed by atoms with Gasteiger partial charge in [-0.15, -0.1) is 5.10 Å². The van der Waals surface area contributed by atoms with Crippen molar-refractivity contribution in [1.29, 1.82) is 0 Å². The molecule has 9 heteroatoms. The number of anilines is 1. The van der Waals surface area contributed by atoms with Crippen molar-refractivity contribution in [2.45, 2.75) is 0 Å². The number of hydrogen-bond acceptors (Lipinski definition) is 7. The van der Waals surface area contributed by atoms with E-state index < -0.39 is 0 Å². The van der Waals surface area contributed by atoms with E-state index in [2.05, 4.69) is 41.3 Å². The van der Waals surface area contributed by atoms with Gasteiger partial charge in [-0.1, -0.05) is 5.16 Å². The summed E-state index contributed by atoms with van der Waals surface area (Å²) in [7, 11) is 1.60. The van der Waals surface area contributed by atoms with Crippen molar-refractivity contribution in [3.05, 3.63) is 22.7 Å². The van der Waals surface area contributed by atoms with Crippen molar-refractivity contribution >= 4 is 21.9 Å². The van der Waals surface area contributed by atoms with Crippen LogP contribution in [0.5, 0.6) is 5.75 Å². The highest BCUT2D eigenvalue weighted by atomic mass is 79.9. The van der Waals surface area contributed by atoms with Gasteiger partial charge in [-0.3, -0.25) is 5.10 Å². The van der Waals surface area contributed by atoms with Crippen molar-refractivity contribution in [3.63, 3.8) is 0 Å². The lowest BCUT2D eigenvalue weighted by atomic mass is 10.2. The summed E-state index contributed by atoms with van der Waals surface area (Å²) in [6, 6.07) is 5.47. The third-order valence-corrected chi connectivity index (χ3v) is 3.16. The van der Waals surface area contributed by atoms with Crippen LogP contribution in [0.4, 0.5) is 5.95 Å². The first-order valence-corrected chi connectivity index (χ1v) is 6.32. The molecule has 3 rings (SSSR count). The van der Waals surface area contributed by atoms with E-state index in [4.69, 9.17) is 15.0 Å². The number of nitrogens with zero attached hydrogens (tertiary/aromatic N) is 4. The summed E-state index contributed by atoms with van der Waals surface area (Å²) in [5, 5.41) is 10.2. The molecule has 0 saturated carbocycles. The van der Waals surface area contributed by atoms with Crippen LogP contribution in [0, 0.1) is 0 Å². The summed E-state index contributed by atoms with van der Waals surface area (Å²) < 4.78 is 11.1. The number of nitrogens with two attached hydrogens (primary N) is 1. The van der Waals surface area contributed by atoms with Crippen molar-refractivity contribution < 1.29 is 9.26 Å². The molecule has 0 unspecified atom stereocenters. The monoisotopic (exact) mass is 336 g/mol. The van der Waals surface area contributed by atoms with Crippen LogP contribution in [0.2, 0.25) is 0 Å². The average molecular weight is 337 g/mol. The number of aromatic amines is 1. The Morgan fingerprint density at radius 3 is 2.85 bits per heavy atom. The molecule has 0 radical (unpaired) electrons. The van der Waals surface area contributed by atoms with Gasteiger partial charge in [0.1, 0.15) is 5.75 Å². The minimum Gasteiger partial charge on any atom is -0.496 e. The van der Waals surface area contributed by atoms with Crippen LogP contribution in [0.25, 0.3) is 23.1 Å². The SMILES string of the molecule is COc1ccc(-c2noc(-c3nc(N)n[nH]3)n2)cc1Br. The number of nitrogens with one attached hydrogen (secondary N) is 1. The summed E-state index contributed by atoms with van der Waals surface area (Å²) in [6.45, 7) is 0. The lowest BCUT2D eigenvalue weighted by molar-refractivity contribution is 0.412. The van der Waals surface area contributed by atoms with E-state index in [0.29, 0.717) is 11.6 Å². The second-order valence-corrected chi connectivity index (χ2v) is 4.67. The molecule has 1 aromatic carbocycles. The Kier molecular flexibility index (Phi) is 3.11. The predicted molar refractivity (Wildman–Crippen MR) is 73.8 cm³/mol. The van der Waals surface area contributed by atoms with Gasteiger partial charge < -0.3 is 15.0 Å². The molecule has 0 fully saturated rings. The standard InChI is InChI=1S/C11H9BrN6O2/c1-19-7-3-2-5(4-6(7)12)8-14-10(20-18-8)9-15-11(13)17-16-9/h2-4H,1H3,(H3,13,15,16,17). The number of methoxy groups -OCH3 is 1. The number of hydrogen-bond donors (Lipinski definition) is 2. The average Bonchev–Trinajstić information content (AvgIpc) is 3.07. The summed E-state index contributed by atoms with van der Waals surface area (Å²) in [5.41, 5.74) is 6.20. The molecule has 0 atom stereocenters. The number of benzene rings is 1. The Hall–Kier alpha value is -2.42. The number of rotatable bonds is 3. The minimum absolute atomic E-state index is 0.118. The molecule has 20 heavy (non-hydrogen) atoms. The molecule has 102 valence electrons. The molecule has 2 heterocycles. The van der Waals surface area contributed by atoms with Crippen molar-refractivity contribution in [1.82, 2.24) is 25.3 Å². The highest BCUT2D eigenvalue weighted by molar-refractivity contribution is 9.10. The van der Waals surface area contributed by atoms with Gasteiger partial charge in [-0.05, 0) is 34.1 Å². The Morgan fingerprint density at radius 2 is 2.20 bits per heavy atom. The first-order valence-electron chi connectivity index (χ1n) is 5.53. The van der Waals surface area contributed by atoms with Gasteiger partial charge >= 0.3 is 0 Å². The van der Waals surface area contributed by atoms with Crippen molar-refractivity contribution in [3.8, 4) is 28.9 Å². The Bertz CT molecular complexity index is 753.